The number of aliphatic carboxylic acids is 1. The fraction of sp³-hybridized carbons (Fsp3) is 0.867. The zero-order valence-electron chi connectivity index (χ0n) is 13.1. The second-order valence-corrected chi connectivity index (χ2v) is 6.89. The summed E-state index contributed by atoms with van der Waals surface area (Å²) >= 11 is 0. The van der Waals surface area contributed by atoms with Gasteiger partial charge >= 0.3 is 5.97 Å². The van der Waals surface area contributed by atoms with E-state index in [2.05, 4.69) is 17.6 Å². The Morgan fingerprint density at radius 1 is 1.30 bits per heavy atom. The molecule has 0 saturated carbocycles. The minimum Gasteiger partial charge on any atom is -0.480 e. The largest absolute Gasteiger partial charge is 0.480 e. The summed E-state index contributed by atoms with van der Waals surface area (Å²) in [5, 5.41) is 15.4. The van der Waals surface area contributed by atoms with Crippen LogP contribution in [-0.2, 0) is 9.59 Å². The number of carboxylic acids is 1. The highest BCUT2D eigenvalue weighted by molar-refractivity contribution is 5.88. The molecule has 0 unspecified atom stereocenters. The second kappa shape index (κ2) is 6.57. The van der Waals surface area contributed by atoms with E-state index >= 15 is 0 Å². The van der Waals surface area contributed by atoms with Gasteiger partial charge in [-0.25, -0.2) is 4.79 Å². The first kappa shape index (κ1) is 17.0. The van der Waals surface area contributed by atoms with E-state index in [0.29, 0.717) is 0 Å². The van der Waals surface area contributed by atoms with Crippen molar-refractivity contribution in [2.24, 2.45) is 10.8 Å². The molecule has 0 aliphatic carbocycles. The van der Waals surface area contributed by atoms with Crippen molar-refractivity contribution < 1.29 is 14.7 Å². The van der Waals surface area contributed by atoms with Crippen LogP contribution in [-0.4, -0.2) is 36.1 Å². The van der Waals surface area contributed by atoms with Crippen LogP contribution in [0.15, 0.2) is 0 Å². The molecule has 0 aromatic rings. The van der Waals surface area contributed by atoms with Gasteiger partial charge in [0, 0.05) is 0 Å². The smallest absolute Gasteiger partial charge is 0.326 e. The molecule has 0 radical (unpaired) electrons. The van der Waals surface area contributed by atoms with E-state index in [1.54, 1.807) is 0 Å². The number of carbonyl (C=O) groups is 2. The van der Waals surface area contributed by atoms with Gasteiger partial charge in [-0.2, -0.15) is 0 Å². The zero-order chi connectivity index (χ0) is 15.4. The number of hydrogen-bond donors (Lipinski definition) is 3. The summed E-state index contributed by atoms with van der Waals surface area (Å²) in [5.74, 6) is -1.06. The highest BCUT2D eigenvalue weighted by Crippen LogP contribution is 2.35. The molecule has 1 fully saturated rings. The topological polar surface area (TPSA) is 78.4 Å². The molecular weight excluding hydrogens is 256 g/mol. The van der Waals surface area contributed by atoms with E-state index in [1.165, 1.54) is 0 Å². The van der Waals surface area contributed by atoms with Gasteiger partial charge in [-0.05, 0) is 37.8 Å². The molecule has 1 aliphatic rings. The van der Waals surface area contributed by atoms with Crippen LogP contribution in [0.4, 0.5) is 0 Å². The van der Waals surface area contributed by atoms with Gasteiger partial charge in [-0.1, -0.05) is 34.1 Å². The fourth-order valence-electron chi connectivity index (χ4n) is 2.91. The van der Waals surface area contributed by atoms with Crippen LogP contribution in [0.25, 0.3) is 0 Å². The van der Waals surface area contributed by atoms with E-state index in [9.17, 15) is 14.7 Å². The van der Waals surface area contributed by atoms with Crippen molar-refractivity contribution in [2.45, 2.75) is 59.4 Å². The van der Waals surface area contributed by atoms with Crippen LogP contribution >= 0.6 is 0 Å². The van der Waals surface area contributed by atoms with Gasteiger partial charge in [0.2, 0.25) is 5.91 Å². The summed E-state index contributed by atoms with van der Waals surface area (Å²) in [6.45, 7) is 9.21. The van der Waals surface area contributed by atoms with Crippen LogP contribution in [0.1, 0.15) is 53.4 Å². The molecule has 3 N–H and O–H groups in total. The lowest BCUT2D eigenvalue weighted by Gasteiger charge is -2.38. The minimum atomic E-state index is -0.966. The molecule has 1 aliphatic heterocycles. The monoisotopic (exact) mass is 284 g/mol. The van der Waals surface area contributed by atoms with Crippen molar-refractivity contribution in [3.63, 3.8) is 0 Å². The van der Waals surface area contributed by atoms with Crippen LogP contribution in [0.5, 0.6) is 0 Å². The van der Waals surface area contributed by atoms with Crippen LogP contribution in [0, 0.1) is 10.8 Å². The summed E-state index contributed by atoms with van der Waals surface area (Å²) < 4.78 is 0. The van der Waals surface area contributed by atoms with Crippen molar-refractivity contribution in [3.05, 3.63) is 0 Å². The molecule has 1 saturated heterocycles. The predicted molar refractivity (Wildman–Crippen MR) is 78.5 cm³/mol. The number of amides is 1. The number of piperidine rings is 1. The molecule has 1 atom stereocenters. The molecule has 0 aromatic heterocycles. The third-order valence-electron chi connectivity index (χ3n) is 4.16. The van der Waals surface area contributed by atoms with Gasteiger partial charge in [-0.15, -0.1) is 0 Å². The van der Waals surface area contributed by atoms with Crippen LogP contribution in [0.2, 0.25) is 0 Å². The molecule has 0 spiro atoms. The molecule has 1 heterocycles. The molecule has 5 heteroatoms. The number of rotatable bonds is 5. The SMILES string of the molecule is CCCC1(C(=O)N[C@H](C(=O)O)C(C)(C)C)CCNCC1. The molecular formula is C15H28N2O3. The Morgan fingerprint density at radius 2 is 1.85 bits per heavy atom. The standard InChI is InChI=1S/C15H28N2O3/c1-5-6-15(7-9-16-10-8-15)13(20)17-11(12(18)19)14(2,3)4/h11,16H,5-10H2,1-4H3,(H,17,20)(H,18,19)/t11-/m1/s1. The maximum Gasteiger partial charge on any atom is 0.326 e. The average Bonchev–Trinajstić information content (AvgIpc) is 2.35. The van der Waals surface area contributed by atoms with Gasteiger partial charge in [0.15, 0.2) is 0 Å². The number of hydrogen-bond acceptors (Lipinski definition) is 3. The maximum atomic E-state index is 12.7. The summed E-state index contributed by atoms with van der Waals surface area (Å²) in [6.07, 6.45) is 3.31. The Labute approximate surface area is 121 Å². The van der Waals surface area contributed by atoms with Crippen molar-refractivity contribution in [1.82, 2.24) is 10.6 Å². The normalized spacial score (nSPS) is 20.2. The number of carbonyl (C=O) groups excluding carboxylic acids is 1. The van der Waals surface area contributed by atoms with Crippen molar-refractivity contribution in [2.75, 3.05) is 13.1 Å². The molecule has 1 rings (SSSR count). The Kier molecular flexibility index (Phi) is 5.57. The molecule has 20 heavy (non-hydrogen) atoms. The lowest BCUT2D eigenvalue weighted by atomic mass is 9.74. The van der Waals surface area contributed by atoms with Crippen LogP contribution < -0.4 is 10.6 Å². The summed E-state index contributed by atoms with van der Waals surface area (Å²) in [5.41, 5.74) is -0.902. The quantitative estimate of drug-likeness (QED) is 0.719. The van der Waals surface area contributed by atoms with E-state index in [-0.39, 0.29) is 5.91 Å². The highest BCUT2D eigenvalue weighted by Gasteiger charge is 2.42. The predicted octanol–water partition coefficient (Wildman–Crippen LogP) is 1.77. The van der Waals surface area contributed by atoms with Gasteiger partial charge in [-0.3, -0.25) is 4.79 Å². The first-order chi connectivity index (χ1) is 9.23. The van der Waals surface area contributed by atoms with E-state index in [1.807, 2.05) is 20.8 Å². The molecule has 116 valence electrons. The summed E-state index contributed by atoms with van der Waals surface area (Å²) in [4.78, 5) is 24.1. The zero-order valence-corrected chi connectivity index (χ0v) is 13.1. The van der Waals surface area contributed by atoms with Crippen molar-refractivity contribution >= 4 is 11.9 Å². The summed E-state index contributed by atoms with van der Waals surface area (Å²) in [6, 6.07) is -0.849. The number of carboxylic acid groups (broad SMARTS) is 1. The Hall–Kier alpha value is -1.10. The molecule has 1 amide bonds. The second-order valence-electron chi connectivity index (χ2n) is 6.89. The van der Waals surface area contributed by atoms with E-state index < -0.39 is 22.8 Å². The average molecular weight is 284 g/mol. The lowest BCUT2D eigenvalue weighted by Crippen LogP contribution is -2.55. The maximum absolute atomic E-state index is 12.7. The third kappa shape index (κ3) is 3.95. The minimum absolute atomic E-state index is 0.0943. The highest BCUT2D eigenvalue weighted by atomic mass is 16.4. The van der Waals surface area contributed by atoms with Gasteiger partial charge < -0.3 is 15.7 Å². The Morgan fingerprint density at radius 3 is 2.25 bits per heavy atom. The molecule has 5 nitrogen and oxygen atoms in total. The fourth-order valence-corrected chi connectivity index (χ4v) is 2.91. The molecule has 0 bridgehead atoms. The first-order valence-electron chi connectivity index (χ1n) is 7.47. The lowest BCUT2D eigenvalue weighted by molar-refractivity contribution is -0.147. The van der Waals surface area contributed by atoms with E-state index in [4.69, 9.17) is 0 Å². The van der Waals surface area contributed by atoms with Crippen molar-refractivity contribution in [3.8, 4) is 0 Å². The van der Waals surface area contributed by atoms with Crippen molar-refractivity contribution in [1.29, 1.82) is 0 Å². The van der Waals surface area contributed by atoms with Gasteiger partial charge in [0.25, 0.3) is 0 Å². The van der Waals surface area contributed by atoms with Gasteiger partial charge in [0.1, 0.15) is 6.04 Å². The first-order valence-corrected chi connectivity index (χ1v) is 7.47. The Bertz CT molecular complexity index is 349. The molecule has 0 aromatic carbocycles. The van der Waals surface area contributed by atoms with E-state index in [0.717, 1.165) is 38.8 Å². The number of nitrogens with one attached hydrogen (secondary N) is 2. The van der Waals surface area contributed by atoms with Gasteiger partial charge in [0.05, 0.1) is 5.41 Å². The third-order valence-corrected chi connectivity index (χ3v) is 4.16. The summed E-state index contributed by atoms with van der Waals surface area (Å²) in [7, 11) is 0. The van der Waals surface area contributed by atoms with Crippen LogP contribution in [0.3, 0.4) is 0 Å². The Balaban J connectivity index is 2.87.